The lowest BCUT2D eigenvalue weighted by Crippen LogP contribution is -2.52. The standard InChI is InChI=1S/C19H18ClF2N5O2/c1-11(26-18(28)14-4-2-12(20)6-17(14)23)19(29,8-27-10-24-9-25-27)15-5-3-13(21)7-16(15)22/h2-7,9-11,29H,8,23H2,1H3,(H,26,28)/t11-,19-/m1/s1. The molecule has 152 valence electrons. The molecule has 1 heterocycles. The van der Waals surface area contributed by atoms with E-state index >= 15 is 0 Å². The zero-order chi connectivity index (χ0) is 21.2. The van der Waals surface area contributed by atoms with Crippen LogP contribution in [0.4, 0.5) is 14.5 Å². The first-order valence-electron chi connectivity index (χ1n) is 8.57. The molecule has 0 unspecified atom stereocenters. The Bertz CT molecular complexity index is 1030. The third-order valence-corrected chi connectivity index (χ3v) is 4.82. The lowest BCUT2D eigenvalue weighted by atomic mass is 9.86. The summed E-state index contributed by atoms with van der Waals surface area (Å²) in [6.45, 7) is 1.25. The van der Waals surface area contributed by atoms with E-state index in [0.717, 1.165) is 12.1 Å². The highest BCUT2D eigenvalue weighted by Crippen LogP contribution is 2.30. The Labute approximate surface area is 170 Å². The molecule has 1 aromatic heterocycles. The van der Waals surface area contributed by atoms with Crippen LogP contribution in [0.3, 0.4) is 0 Å². The molecule has 1 amide bonds. The number of nitrogens with one attached hydrogen (secondary N) is 1. The van der Waals surface area contributed by atoms with E-state index in [1.807, 2.05) is 0 Å². The molecule has 0 aliphatic rings. The van der Waals surface area contributed by atoms with Crippen LogP contribution in [-0.2, 0) is 12.1 Å². The van der Waals surface area contributed by atoms with E-state index in [-0.39, 0.29) is 23.4 Å². The smallest absolute Gasteiger partial charge is 0.253 e. The molecule has 0 aliphatic heterocycles. The first-order valence-corrected chi connectivity index (χ1v) is 8.94. The lowest BCUT2D eigenvalue weighted by molar-refractivity contribution is -0.0186. The molecule has 29 heavy (non-hydrogen) atoms. The maximum atomic E-state index is 14.5. The summed E-state index contributed by atoms with van der Waals surface area (Å²) < 4.78 is 29.2. The molecule has 0 radical (unpaired) electrons. The molecule has 3 aromatic rings. The summed E-state index contributed by atoms with van der Waals surface area (Å²) in [5, 5.41) is 18.3. The van der Waals surface area contributed by atoms with Gasteiger partial charge >= 0.3 is 0 Å². The van der Waals surface area contributed by atoms with Gasteiger partial charge in [0, 0.05) is 22.3 Å². The van der Waals surface area contributed by atoms with Crippen LogP contribution in [-0.4, -0.2) is 31.8 Å². The average molecular weight is 422 g/mol. The molecular formula is C19H18ClF2N5O2. The Balaban J connectivity index is 1.95. The van der Waals surface area contributed by atoms with Gasteiger partial charge in [0.2, 0.25) is 0 Å². The number of anilines is 1. The van der Waals surface area contributed by atoms with Crippen LogP contribution in [0, 0.1) is 11.6 Å². The maximum absolute atomic E-state index is 14.5. The molecule has 2 atom stereocenters. The molecule has 0 saturated heterocycles. The number of nitrogens with zero attached hydrogens (tertiary/aromatic N) is 3. The van der Waals surface area contributed by atoms with E-state index in [4.69, 9.17) is 17.3 Å². The van der Waals surface area contributed by atoms with Crippen LogP contribution >= 0.6 is 11.6 Å². The van der Waals surface area contributed by atoms with E-state index in [1.165, 1.54) is 42.5 Å². The van der Waals surface area contributed by atoms with Gasteiger partial charge in [-0.05, 0) is 31.2 Å². The lowest BCUT2D eigenvalue weighted by Gasteiger charge is -2.35. The molecule has 0 fully saturated rings. The van der Waals surface area contributed by atoms with Crippen molar-refractivity contribution in [2.45, 2.75) is 25.1 Å². The molecule has 0 bridgehead atoms. The van der Waals surface area contributed by atoms with Gasteiger partial charge < -0.3 is 16.2 Å². The van der Waals surface area contributed by atoms with Crippen molar-refractivity contribution in [1.29, 1.82) is 0 Å². The number of hydrogen-bond donors (Lipinski definition) is 3. The number of hydrogen-bond acceptors (Lipinski definition) is 5. The highest BCUT2D eigenvalue weighted by atomic mass is 35.5. The van der Waals surface area contributed by atoms with E-state index in [9.17, 15) is 18.7 Å². The zero-order valence-corrected chi connectivity index (χ0v) is 16.1. The number of amides is 1. The summed E-state index contributed by atoms with van der Waals surface area (Å²) in [4.78, 5) is 16.5. The second kappa shape index (κ2) is 8.14. The number of benzene rings is 2. The van der Waals surface area contributed by atoms with Crippen molar-refractivity contribution >= 4 is 23.2 Å². The third kappa shape index (κ3) is 4.36. The Morgan fingerprint density at radius 3 is 2.72 bits per heavy atom. The van der Waals surface area contributed by atoms with E-state index in [0.29, 0.717) is 11.1 Å². The van der Waals surface area contributed by atoms with Crippen molar-refractivity contribution in [3.05, 3.63) is 76.8 Å². The fourth-order valence-electron chi connectivity index (χ4n) is 2.99. The minimum absolute atomic E-state index is 0.143. The van der Waals surface area contributed by atoms with Crippen molar-refractivity contribution in [3.8, 4) is 0 Å². The Hall–Kier alpha value is -3.04. The normalized spacial score (nSPS) is 14.2. The van der Waals surface area contributed by atoms with Gasteiger partial charge in [0.25, 0.3) is 5.91 Å². The van der Waals surface area contributed by atoms with Gasteiger partial charge in [0.05, 0.1) is 18.2 Å². The third-order valence-electron chi connectivity index (χ3n) is 4.59. The predicted octanol–water partition coefficient (Wildman–Crippen LogP) is 2.50. The number of nitrogen functional groups attached to an aromatic ring is 1. The van der Waals surface area contributed by atoms with Gasteiger partial charge in [-0.1, -0.05) is 17.7 Å². The summed E-state index contributed by atoms with van der Waals surface area (Å²) in [6, 6.07) is 6.15. The topological polar surface area (TPSA) is 106 Å². The molecule has 2 aromatic carbocycles. The van der Waals surface area contributed by atoms with Crippen LogP contribution < -0.4 is 11.1 Å². The van der Waals surface area contributed by atoms with Crippen LogP contribution in [0.2, 0.25) is 5.02 Å². The molecule has 4 N–H and O–H groups in total. The van der Waals surface area contributed by atoms with Gasteiger partial charge in [0.15, 0.2) is 0 Å². The Morgan fingerprint density at radius 1 is 1.34 bits per heavy atom. The number of halogens is 3. The summed E-state index contributed by atoms with van der Waals surface area (Å²) in [6.07, 6.45) is 2.58. The van der Waals surface area contributed by atoms with Gasteiger partial charge in [0.1, 0.15) is 29.9 Å². The zero-order valence-electron chi connectivity index (χ0n) is 15.3. The van der Waals surface area contributed by atoms with Gasteiger partial charge in [-0.3, -0.25) is 4.79 Å². The van der Waals surface area contributed by atoms with Crippen molar-refractivity contribution in [1.82, 2.24) is 20.1 Å². The quantitative estimate of drug-likeness (QED) is 0.530. The first-order chi connectivity index (χ1) is 13.7. The monoisotopic (exact) mass is 421 g/mol. The van der Waals surface area contributed by atoms with Gasteiger partial charge in [-0.15, -0.1) is 0 Å². The predicted molar refractivity (Wildman–Crippen MR) is 103 cm³/mol. The van der Waals surface area contributed by atoms with Crippen molar-refractivity contribution in [2.24, 2.45) is 0 Å². The number of aromatic nitrogens is 3. The summed E-state index contributed by atoms with van der Waals surface area (Å²) in [5.74, 6) is -2.34. The van der Waals surface area contributed by atoms with Crippen molar-refractivity contribution in [2.75, 3.05) is 5.73 Å². The molecule has 0 spiro atoms. The number of rotatable bonds is 6. The van der Waals surface area contributed by atoms with Gasteiger partial charge in [-0.25, -0.2) is 18.4 Å². The second-order valence-electron chi connectivity index (χ2n) is 6.57. The average Bonchev–Trinajstić information content (AvgIpc) is 3.14. The fraction of sp³-hybridized carbons (Fsp3) is 0.211. The minimum Gasteiger partial charge on any atom is -0.398 e. The molecule has 10 heteroatoms. The molecule has 7 nitrogen and oxygen atoms in total. The van der Waals surface area contributed by atoms with Crippen molar-refractivity contribution in [3.63, 3.8) is 0 Å². The van der Waals surface area contributed by atoms with Crippen LogP contribution in [0.5, 0.6) is 0 Å². The van der Waals surface area contributed by atoms with E-state index in [1.54, 1.807) is 0 Å². The summed E-state index contributed by atoms with van der Waals surface area (Å²) in [7, 11) is 0. The Kier molecular flexibility index (Phi) is 5.81. The number of carbonyl (C=O) groups excluding carboxylic acids is 1. The van der Waals surface area contributed by atoms with Crippen molar-refractivity contribution < 1.29 is 18.7 Å². The second-order valence-corrected chi connectivity index (χ2v) is 7.00. The van der Waals surface area contributed by atoms with Crippen LogP contribution in [0.25, 0.3) is 0 Å². The molecule has 0 aliphatic carbocycles. The molecule has 0 saturated carbocycles. The number of carbonyl (C=O) groups is 1. The largest absolute Gasteiger partial charge is 0.398 e. The Morgan fingerprint density at radius 2 is 2.10 bits per heavy atom. The first kappa shape index (κ1) is 20.7. The number of aliphatic hydroxyl groups is 1. The summed E-state index contributed by atoms with van der Waals surface area (Å²) in [5.41, 5.74) is 3.96. The highest BCUT2D eigenvalue weighted by Gasteiger charge is 2.40. The van der Waals surface area contributed by atoms with Gasteiger partial charge in [-0.2, -0.15) is 5.10 Å². The molecule has 3 rings (SSSR count). The molecular weight excluding hydrogens is 404 g/mol. The van der Waals surface area contributed by atoms with E-state index < -0.39 is 29.2 Å². The number of nitrogens with two attached hydrogens (primary N) is 1. The SMILES string of the molecule is C[C@@H](NC(=O)c1ccc(Cl)cc1N)[C@](O)(Cn1cncn1)c1ccc(F)cc1F. The van der Waals surface area contributed by atoms with E-state index in [2.05, 4.69) is 15.4 Å². The maximum Gasteiger partial charge on any atom is 0.253 e. The highest BCUT2D eigenvalue weighted by molar-refractivity contribution is 6.31. The summed E-state index contributed by atoms with van der Waals surface area (Å²) >= 11 is 5.85. The fourth-order valence-corrected chi connectivity index (χ4v) is 3.17. The van der Waals surface area contributed by atoms with Crippen LogP contribution in [0.15, 0.2) is 49.1 Å². The minimum atomic E-state index is -1.97. The van der Waals surface area contributed by atoms with Crippen LogP contribution in [0.1, 0.15) is 22.8 Å².